The number of rotatable bonds is 5. The second kappa shape index (κ2) is 6.75. The fourth-order valence-electron chi connectivity index (χ4n) is 2.12. The molecule has 2 rings (SSSR count). The van der Waals surface area contributed by atoms with Gasteiger partial charge in [-0.3, -0.25) is 4.79 Å². The molecule has 0 aromatic heterocycles. The second-order valence-electron chi connectivity index (χ2n) is 5.01. The van der Waals surface area contributed by atoms with E-state index < -0.39 is 0 Å². The first-order chi connectivity index (χ1) is 9.63. The van der Waals surface area contributed by atoms with Crippen molar-refractivity contribution >= 4 is 11.6 Å². The molecule has 20 heavy (non-hydrogen) atoms. The number of carbonyl (C=O) groups is 1. The first-order valence-electron chi connectivity index (χ1n) is 6.80. The van der Waals surface area contributed by atoms with Gasteiger partial charge in [0.15, 0.2) is 0 Å². The molecule has 2 aromatic rings. The molecule has 0 fully saturated rings. The van der Waals surface area contributed by atoms with Crippen LogP contribution in [0.5, 0.6) is 0 Å². The van der Waals surface area contributed by atoms with Crippen LogP contribution >= 0.6 is 0 Å². The summed E-state index contributed by atoms with van der Waals surface area (Å²) in [4.78, 5) is 11.8. The Morgan fingerprint density at radius 1 is 1.10 bits per heavy atom. The molecule has 3 heteroatoms. The molecule has 0 aliphatic rings. The summed E-state index contributed by atoms with van der Waals surface area (Å²) >= 11 is 0. The van der Waals surface area contributed by atoms with Crippen molar-refractivity contribution in [1.29, 1.82) is 0 Å². The van der Waals surface area contributed by atoms with E-state index in [1.165, 1.54) is 11.1 Å². The predicted octanol–water partition coefficient (Wildman–Crippen LogP) is 2.83. The van der Waals surface area contributed by atoms with Crippen LogP contribution in [0.15, 0.2) is 48.5 Å². The maximum atomic E-state index is 11.8. The van der Waals surface area contributed by atoms with Crippen LogP contribution in [0.2, 0.25) is 0 Å². The zero-order valence-corrected chi connectivity index (χ0v) is 11.7. The van der Waals surface area contributed by atoms with Crippen molar-refractivity contribution in [2.75, 3.05) is 5.73 Å². The van der Waals surface area contributed by atoms with Gasteiger partial charge >= 0.3 is 0 Å². The molecule has 0 aliphatic heterocycles. The van der Waals surface area contributed by atoms with Crippen LogP contribution in [0.1, 0.15) is 23.1 Å². The smallest absolute Gasteiger partial charge is 0.220 e. The first-order valence-corrected chi connectivity index (χ1v) is 6.80. The van der Waals surface area contributed by atoms with Gasteiger partial charge in [0, 0.05) is 18.7 Å². The Bertz CT molecular complexity index is 542. The third-order valence-electron chi connectivity index (χ3n) is 3.16. The van der Waals surface area contributed by atoms with E-state index in [-0.39, 0.29) is 5.91 Å². The SMILES string of the molecule is Cc1cccc(CCC(=O)NCc2cccc(N)c2)c1. The monoisotopic (exact) mass is 268 g/mol. The summed E-state index contributed by atoms with van der Waals surface area (Å²) in [6.45, 7) is 2.58. The van der Waals surface area contributed by atoms with Crippen LogP contribution in [-0.4, -0.2) is 5.91 Å². The Balaban J connectivity index is 1.78. The van der Waals surface area contributed by atoms with Crippen molar-refractivity contribution in [1.82, 2.24) is 5.32 Å². The van der Waals surface area contributed by atoms with Gasteiger partial charge in [0.2, 0.25) is 5.91 Å². The summed E-state index contributed by atoms with van der Waals surface area (Å²) in [5.41, 5.74) is 9.87. The van der Waals surface area contributed by atoms with Crippen LogP contribution in [0.3, 0.4) is 0 Å². The number of aryl methyl sites for hydroxylation is 2. The number of hydrogen-bond acceptors (Lipinski definition) is 2. The molecule has 0 spiro atoms. The minimum atomic E-state index is 0.0638. The largest absolute Gasteiger partial charge is 0.399 e. The van der Waals surface area contributed by atoms with E-state index in [9.17, 15) is 4.79 Å². The van der Waals surface area contributed by atoms with Crippen molar-refractivity contribution in [2.24, 2.45) is 0 Å². The summed E-state index contributed by atoms with van der Waals surface area (Å²) in [5, 5.41) is 2.92. The second-order valence-corrected chi connectivity index (χ2v) is 5.01. The molecule has 1 amide bonds. The molecule has 0 atom stereocenters. The Labute approximate surface area is 119 Å². The van der Waals surface area contributed by atoms with E-state index in [1.807, 2.05) is 30.3 Å². The topological polar surface area (TPSA) is 55.1 Å². The van der Waals surface area contributed by atoms with Gasteiger partial charge in [-0.05, 0) is 36.6 Å². The molecule has 3 N–H and O–H groups in total. The number of nitrogens with one attached hydrogen (secondary N) is 1. The third kappa shape index (κ3) is 4.43. The molecule has 0 unspecified atom stereocenters. The average molecular weight is 268 g/mol. The van der Waals surface area contributed by atoms with Crippen LogP contribution in [0.4, 0.5) is 5.69 Å². The molecule has 3 nitrogen and oxygen atoms in total. The fraction of sp³-hybridized carbons (Fsp3) is 0.235. The van der Waals surface area contributed by atoms with Gasteiger partial charge in [0.1, 0.15) is 0 Å². The van der Waals surface area contributed by atoms with Crippen molar-refractivity contribution in [3.8, 4) is 0 Å². The van der Waals surface area contributed by atoms with Crippen LogP contribution < -0.4 is 11.1 Å². The molecule has 0 heterocycles. The highest BCUT2D eigenvalue weighted by atomic mass is 16.1. The standard InChI is InChI=1S/C17H20N2O/c1-13-4-2-5-14(10-13)8-9-17(20)19-12-15-6-3-7-16(18)11-15/h2-7,10-11H,8-9,12,18H2,1H3,(H,19,20). The Morgan fingerprint density at radius 3 is 2.60 bits per heavy atom. The van der Waals surface area contributed by atoms with E-state index in [1.54, 1.807) is 0 Å². The predicted molar refractivity (Wildman–Crippen MR) is 82.2 cm³/mol. The Kier molecular flexibility index (Phi) is 4.77. The van der Waals surface area contributed by atoms with Gasteiger partial charge < -0.3 is 11.1 Å². The van der Waals surface area contributed by atoms with Crippen molar-refractivity contribution in [3.05, 3.63) is 65.2 Å². The zero-order chi connectivity index (χ0) is 14.4. The van der Waals surface area contributed by atoms with Gasteiger partial charge in [0.05, 0.1) is 0 Å². The highest BCUT2D eigenvalue weighted by Gasteiger charge is 2.03. The van der Waals surface area contributed by atoms with E-state index >= 15 is 0 Å². The zero-order valence-electron chi connectivity index (χ0n) is 11.7. The minimum absolute atomic E-state index is 0.0638. The molecule has 0 aliphatic carbocycles. The van der Waals surface area contributed by atoms with Crippen LogP contribution in [-0.2, 0) is 17.8 Å². The summed E-state index contributed by atoms with van der Waals surface area (Å²) in [5.74, 6) is 0.0638. The summed E-state index contributed by atoms with van der Waals surface area (Å²) in [7, 11) is 0. The van der Waals surface area contributed by atoms with Crippen molar-refractivity contribution in [3.63, 3.8) is 0 Å². The molecular formula is C17H20N2O. The number of hydrogen-bond donors (Lipinski definition) is 2. The quantitative estimate of drug-likeness (QED) is 0.819. The number of nitrogen functional groups attached to an aromatic ring is 1. The molecule has 0 radical (unpaired) electrons. The molecule has 0 saturated carbocycles. The fourth-order valence-corrected chi connectivity index (χ4v) is 2.12. The van der Waals surface area contributed by atoms with Crippen molar-refractivity contribution < 1.29 is 4.79 Å². The summed E-state index contributed by atoms with van der Waals surface area (Å²) in [6, 6.07) is 15.8. The lowest BCUT2D eigenvalue weighted by molar-refractivity contribution is -0.121. The van der Waals surface area contributed by atoms with E-state index in [0.29, 0.717) is 13.0 Å². The van der Waals surface area contributed by atoms with Crippen LogP contribution in [0, 0.1) is 6.92 Å². The van der Waals surface area contributed by atoms with E-state index in [0.717, 1.165) is 17.7 Å². The van der Waals surface area contributed by atoms with Gasteiger partial charge in [-0.2, -0.15) is 0 Å². The maximum Gasteiger partial charge on any atom is 0.220 e. The average Bonchev–Trinajstić information content (AvgIpc) is 2.43. The Hall–Kier alpha value is -2.29. The lowest BCUT2D eigenvalue weighted by Gasteiger charge is -2.06. The number of benzene rings is 2. The van der Waals surface area contributed by atoms with E-state index in [2.05, 4.69) is 30.4 Å². The van der Waals surface area contributed by atoms with Gasteiger partial charge in [-0.1, -0.05) is 42.0 Å². The Morgan fingerprint density at radius 2 is 1.85 bits per heavy atom. The normalized spacial score (nSPS) is 10.2. The minimum Gasteiger partial charge on any atom is -0.399 e. The molecular weight excluding hydrogens is 248 g/mol. The first kappa shape index (κ1) is 14.1. The maximum absolute atomic E-state index is 11.8. The number of anilines is 1. The number of nitrogens with two attached hydrogens (primary N) is 1. The molecule has 104 valence electrons. The lowest BCUT2D eigenvalue weighted by atomic mass is 10.1. The van der Waals surface area contributed by atoms with Gasteiger partial charge in [0.25, 0.3) is 0 Å². The molecule has 2 aromatic carbocycles. The lowest BCUT2D eigenvalue weighted by Crippen LogP contribution is -2.23. The van der Waals surface area contributed by atoms with Gasteiger partial charge in [-0.25, -0.2) is 0 Å². The van der Waals surface area contributed by atoms with Crippen molar-refractivity contribution in [2.45, 2.75) is 26.3 Å². The summed E-state index contributed by atoms with van der Waals surface area (Å²) < 4.78 is 0. The van der Waals surface area contributed by atoms with E-state index in [4.69, 9.17) is 5.73 Å². The highest BCUT2D eigenvalue weighted by Crippen LogP contribution is 2.08. The third-order valence-corrected chi connectivity index (χ3v) is 3.16. The highest BCUT2D eigenvalue weighted by molar-refractivity contribution is 5.76. The number of amides is 1. The molecule has 0 bridgehead atoms. The van der Waals surface area contributed by atoms with Crippen LogP contribution in [0.25, 0.3) is 0 Å². The van der Waals surface area contributed by atoms with Gasteiger partial charge in [-0.15, -0.1) is 0 Å². The molecule has 0 saturated heterocycles. The summed E-state index contributed by atoms with van der Waals surface area (Å²) in [6.07, 6.45) is 1.27. The number of carbonyl (C=O) groups excluding carboxylic acids is 1.